The highest BCUT2D eigenvalue weighted by Gasteiger charge is 2.32. The number of carbonyl (C=O) groups excluding carboxylic acids is 1. The lowest BCUT2D eigenvalue weighted by Gasteiger charge is -2.36. The van der Waals surface area contributed by atoms with Crippen LogP contribution in [0.15, 0.2) is 0 Å². The van der Waals surface area contributed by atoms with E-state index in [4.69, 9.17) is 10.5 Å². The van der Waals surface area contributed by atoms with E-state index in [0.717, 1.165) is 51.3 Å². The lowest BCUT2D eigenvalue weighted by molar-refractivity contribution is -0.140. The number of hydrogen-bond donors (Lipinski definition) is 1. The number of rotatable bonds is 8. The van der Waals surface area contributed by atoms with E-state index in [2.05, 4.69) is 18.7 Å². The van der Waals surface area contributed by atoms with Gasteiger partial charge in [-0.2, -0.15) is 0 Å². The number of likely N-dealkylation sites (tertiary alicyclic amines) is 1. The molecule has 0 radical (unpaired) electrons. The van der Waals surface area contributed by atoms with Gasteiger partial charge in [-0.3, -0.25) is 4.79 Å². The molecule has 0 aromatic carbocycles. The van der Waals surface area contributed by atoms with Crippen molar-refractivity contribution in [3.05, 3.63) is 0 Å². The summed E-state index contributed by atoms with van der Waals surface area (Å²) in [6.45, 7) is 7.60. The molecule has 1 heterocycles. The van der Waals surface area contributed by atoms with Crippen LogP contribution < -0.4 is 5.73 Å². The molecule has 2 aliphatic rings. The lowest BCUT2D eigenvalue weighted by atomic mass is 9.78. The molecule has 1 saturated carbocycles. The number of ether oxygens (including phenoxy) is 1. The Balaban J connectivity index is 0.00000312. The summed E-state index contributed by atoms with van der Waals surface area (Å²) in [4.78, 5) is 15.2. The molecule has 0 spiro atoms. The molecule has 25 heavy (non-hydrogen) atoms. The molecule has 1 saturated heterocycles. The SMILES string of the molecule is CC(C)C(CC1CCCCC1)C(=O)N1CCC(OCCCN)CC1.Cl. The third kappa shape index (κ3) is 7.44. The van der Waals surface area contributed by atoms with Gasteiger partial charge in [0.05, 0.1) is 6.10 Å². The highest BCUT2D eigenvalue weighted by Crippen LogP contribution is 2.33. The minimum absolute atomic E-state index is 0. The Hall–Kier alpha value is -0.320. The van der Waals surface area contributed by atoms with Crippen molar-refractivity contribution in [2.24, 2.45) is 23.5 Å². The Morgan fingerprint density at radius 2 is 1.76 bits per heavy atom. The Labute approximate surface area is 160 Å². The van der Waals surface area contributed by atoms with Crippen LogP contribution in [-0.4, -0.2) is 43.2 Å². The van der Waals surface area contributed by atoms with Gasteiger partial charge in [-0.1, -0.05) is 46.0 Å². The molecule has 148 valence electrons. The maximum Gasteiger partial charge on any atom is 0.225 e. The van der Waals surface area contributed by atoms with Crippen LogP contribution >= 0.6 is 12.4 Å². The molecule has 4 nitrogen and oxygen atoms in total. The molecule has 5 heteroatoms. The summed E-state index contributed by atoms with van der Waals surface area (Å²) >= 11 is 0. The van der Waals surface area contributed by atoms with Crippen molar-refractivity contribution in [1.29, 1.82) is 0 Å². The first kappa shape index (κ1) is 22.7. The molecule has 0 aromatic rings. The van der Waals surface area contributed by atoms with Crippen molar-refractivity contribution in [3.63, 3.8) is 0 Å². The highest BCUT2D eigenvalue weighted by atomic mass is 35.5. The fraction of sp³-hybridized carbons (Fsp3) is 0.950. The molecule has 2 fully saturated rings. The smallest absolute Gasteiger partial charge is 0.225 e. The van der Waals surface area contributed by atoms with Crippen LogP contribution in [-0.2, 0) is 9.53 Å². The maximum atomic E-state index is 13.0. The molecular weight excluding hydrogens is 336 g/mol. The van der Waals surface area contributed by atoms with Gasteiger partial charge in [0, 0.05) is 25.6 Å². The predicted octanol–water partition coefficient (Wildman–Crippen LogP) is 4.01. The van der Waals surface area contributed by atoms with E-state index >= 15 is 0 Å². The molecule has 0 bridgehead atoms. The number of nitrogens with two attached hydrogens (primary N) is 1. The van der Waals surface area contributed by atoms with E-state index in [9.17, 15) is 4.79 Å². The first-order valence-corrected chi connectivity index (χ1v) is 10.2. The summed E-state index contributed by atoms with van der Waals surface area (Å²) in [6, 6.07) is 0. The summed E-state index contributed by atoms with van der Waals surface area (Å²) in [5.41, 5.74) is 5.51. The van der Waals surface area contributed by atoms with E-state index in [1.54, 1.807) is 0 Å². The van der Waals surface area contributed by atoms with E-state index in [0.29, 0.717) is 24.5 Å². The molecule has 1 atom stereocenters. The average molecular weight is 375 g/mol. The molecule has 1 aliphatic carbocycles. The minimum atomic E-state index is 0. The van der Waals surface area contributed by atoms with Crippen LogP contribution in [0.4, 0.5) is 0 Å². The number of carbonyl (C=O) groups is 1. The van der Waals surface area contributed by atoms with Crippen molar-refractivity contribution in [1.82, 2.24) is 4.90 Å². The predicted molar refractivity (Wildman–Crippen MR) is 106 cm³/mol. The van der Waals surface area contributed by atoms with Gasteiger partial charge in [0.1, 0.15) is 0 Å². The summed E-state index contributed by atoms with van der Waals surface area (Å²) < 4.78 is 5.86. The molecule has 1 aliphatic heterocycles. The Kier molecular flexibility index (Phi) is 11.0. The van der Waals surface area contributed by atoms with Gasteiger partial charge in [-0.15, -0.1) is 12.4 Å². The van der Waals surface area contributed by atoms with Gasteiger partial charge >= 0.3 is 0 Å². The second-order valence-electron chi connectivity index (χ2n) is 8.13. The first-order chi connectivity index (χ1) is 11.6. The highest BCUT2D eigenvalue weighted by molar-refractivity contribution is 5.85. The number of hydrogen-bond acceptors (Lipinski definition) is 3. The van der Waals surface area contributed by atoms with Crippen molar-refractivity contribution >= 4 is 18.3 Å². The van der Waals surface area contributed by atoms with Crippen molar-refractivity contribution in [3.8, 4) is 0 Å². The standard InChI is InChI=1S/C20H38N2O2.ClH/c1-16(2)19(15-17-7-4-3-5-8-17)20(23)22-12-9-18(10-13-22)24-14-6-11-21;/h16-19H,3-15,21H2,1-2H3;1H. The van der Waals surface area contributed by atoms with Gasteiger partial charge < -0.3 is 15.4 Å². The largest absolute Gasteiger partial charge is 0.378 e. The first-order valence-electron chi connectivity index (χ1n) is 10.2. The van der Waals surface area contributed by atoms with E-state index in [-0.39, 0.29) is 18.3 Å². The van der Waals surface area contributed by atoms with E-state index in [1.807, 2.05) is 0 Å². The summed E-state index contributed by atoms with van der Waals surface area (Å²) in [6.07, 6.45) is 11.0. The van der Waals surface area contributed by atoms with Crippen molar-refractivity contribution < 1.29 is 9.53 Å². The molecule has 2 N–H and O–H groups in total. The van der Waals surface area contributed by atoms with Gasteiger partial charge in [0.2, 0.25) is 5.91 Å². The fourth-order valence-corrected chi connectivity index (χ4v) is 4.25. The zero-order valence-corrected chi connectivity index (χ0v) is 17.1. The van der Waals surface area contributed by atoms with Crippen molar-refractivity contribution in [2.75, 3.05) is 26.2 Å². The minimum Gasteiger partial charge on any atom is -0.378 e. The van der Waals surface area contributed by atoms with E-state index in [1.165, 1.54) is 32.1 Å². The molecule has 2 rings (SSSR count). The van der Waals surface area contributed by atoms with Crippen LogP contribution in [0.1, 0.15) is 71.6 Å². The molecule has 1 unspecified atom stereocenters. The van der Waals surface area contributed by atoms with Gasteiger partial charge in [-0.05, 0) is 44.1 Å². The average Bonchev–Trinajstić information content (AvgIpc) is 2.60. The summed E-state index contributed by atoms with van der Waals surface area (Å²) in [5, 5.41) is 0. The topological polar surface area (TPSA) is 55.6 Å². The monoisotopic (exact) mass is 374 g/mol. The lowest BCUT2D eigenvalue weighted by Crippen LogP contribution is -2.45. The van der Waals surface area contributed by atoms with Crippen LogP contribution in [0.3, 0.4) is 0 Å². The second kappa shape index (κ2) is 12.1. The van der Waals surface area contributed by atoms with Gasteiger partial charge in [-0.25, -0.2) is 0 Å². The number of piperidine rings is 1. The second-order valence-corrected chi connectivity index (χ2v) is 8.13. The Morgan fingerprint density at radius 1 is 1.12 bits per heavy atom. The van der Waals surface area contributed by atoms with Crippen LogP contribution in [0, 0.1) is 17.8 Å². The molecule has 1 amide bonds. The summed E-state index contributed by atoms with van der Waals surface area (Å²) in [5.74, 6) is 1.82. The fourth-order valence-electron chi connectivity index (χ4n) is 4.25. The molecular formula is C20H39ClN2O2. The number of halogens is 1. The van der Waals surface area contributed by atoms with Crippen LogP contribution in [0.2, 0.25) is 0 Å². The normalized spacial score (nSPS) is 21.2. The maximum absolute atomic E-state index is 13.0. The van der Waals surface area contributed by atoms with E-state index < -0.39 is 0 Å². The quantitative estimate of drug-likeness (QED) is 0.653. The molecule has 0 aromatic heterocycles. The van der Waals surface area contributed by atoms with Crippen LogP contribution in [0.25, 0.3) is 0 Å². The zero-order valence-electron chi connectivity index (χ0n) is 16.3. The Morgan fingerprint density at radius 3 is 2.32 bits per heavy atom. The van der Waals surface area contributed by atoms with Gasteiger partial charge in [0.25, 0.3) is 0 Å². The zero-order chi connectivity index (χ0) is 17.4. The van der Waals surface area contributed by atoms with Gasteiger partial charge in [0.15, 0.2) is 0 Å². The number of nitrogens with zero attached hydrogens (tertiary/aromatic N) is 1. The van der Waals surface area contributed by atoms with Crippen molar-refractivity contribution in [2.45, 2.75) is 77.7 Å². The Bertz CT molecular complexity index is 365. The van der Waals surface area contributed by atoms with Crippen LogP contribution in [0.5, 0.6) is 0 Å². The number of amides is 1. The third-order valence-electron chi connectivity index (χ3n) is 5.89. The third-order valence-corrected chi connectivity index (χ3v) is 5.89. The summed E-state index contributed by atoms with van der Waals surface area (Å²) in [7, 11) is 0.